The minimum Gasteiger partial charge on any atom is -0.455 e. The van der Waals surface area contributed by atoms with Crippen LogP contribution in [0.2, 0.25) is 10.0 Å². The summed E-state index contributed by atoms with van der Waals surface area (Å²) >= 11 is 12.0. The second-order valence-electron chi connectivity index (χ2n) is 8.04. The molecule has 164 valence electrons. The van der Waals surface area contributed by atoms with Crippen LogP contribution < -0.4 is 5.43 Å². The third-order valence-corrected chi connectivity index (χ3v) is 6.43. The number of carbonyl (C=O) groups excluding carboxylic acids is 2. The van der Waals surface area contributed by atoms with Crippen molar-refractivity contribution in [3.63, 3.8) is 0 Å². The lowest BCUT2D eigenvalue weighted by atomic mass is 9.93. The van der Waals surface area contributed by atoms with Gasteiger partial charge in [-0.05, 0) is 50.8 Å². The molecule has 0 spiro atoms. The summed E-state index contributed by atoms with van der Waals surface area (Å²) in [5.41, 5.74) is 5.24. The number of hydrogen-bond donors (Lipinski definition) is 1. The van der Waals surface area contributed by atoms with Gasteiger partial charge in [0.15, 0.2) is 5.76 Å². The fourth-order valence-corrected chi connectivity index (χ4v) is 4.75. The van der Waals surface area contributed by atoms with Crippen LogP contribution in [0.4, 0.5) is 0 Å². The Morgan fingerprint density at radius 2 is 1.81 bits per heavy atom. The van der Waals surface area contributed by atoms with Crippen LogP contribution in [-0.2, 0) is 6.42 Å². The van der Waals surface area contributed by atoms with Crippen molar-refractivity contribution in [1.82, 2.24) is 10.3 Å². The number of halogens is 2. The number of fused-ring (bicyclic) bond motifs is 1. The first-order valence-corrected chi connectivity index (χ1v) is 11.4. The summed E-state index contributed by atoms with van der Waals surface area (Å²) in [6.07, 6.45) is 6.65. The van der Waals surface area contributed by atoms with Crippen LogP contribution in [0, 0.1) is 6.92 Å². The maximum absolute atomic E-state index is 13.1. The molecule has 0 bridgehead atoms. The molecular formula is C23H25Cl2N3O3. The molecule has 1 aromatic carbocycles. The zero-order valence-electron chi connectivity index (χ0n) is 17.5. The Kier molecular flexibility index (Phi) is 6.68. The quantitative estimate of drug-likeness (QED) is 0.623. The number of hydrazone groups is 1. The first-order valence-electron chi connectivity index (χ1n) is 10.7. The van der Waals surface area contributed by atoms with Crippen LogP contribution in [0.15, 0.2) is 27.7 Å². The first kappa shape index (κ1) is 21.9. The first-order chi connectivity index (χ1) is 15.0. The predicted octanol–water partition coefficient (Wildman–Crippen LogP) is 5.38. The highest BCUT2D eigenvalue weighted by Gasteiger charge is 2.30. The van der Waals surface area contributed by atoms with Crippen molar-refractivity contribution in [3.8, 4) is 0 Å². The second-order valence-corrected chi connectivity index (χ2v) is 8.88. The summed E-state index contributed by atoms with van der Waals surface area (Å²) in [5.74, 6) is 0.696. The van der Waals surface area contributed by atoms with Crippen LogP contribution in [0.3, 0.4) is 0 Å². The summed E-state index contributed by atoms with van der Waals surface area (Å²) in [7, 11) is 0. The maximum Gasteiger partial charge on any atom is 0.289 e. The molecule has 4 rings (SSSR count). The third kappa shape index (κ3) is 4.65. The molecule has 1 saturated heterocycles. The van der Waals surface area contributed by atoms with E-state index in [1.54, 1.807) is 12.1 Å². The Morgan fingerprint density at radius 3 is 2.52 bits per heavy atom. The molecule has 0 unspecified atom stereocenters. The molecule has 8 heteroatoms. The number of nitrogens with zero attached hydrogens (tertiary/aromatic N) is 2. The Bertz CT molecular complexity index is 1040. The molecule has 1 aliphatic carbocycles. The van der Waals surface area contributed by atoms with Gasteiger partial charge in [-0.3, -0.25) is 9.59 Å². The van der Waals surface area contributed by atoms with Gasteiger partial charge in [0.25, 0.3) is 11.8 Å². The average molecular weight is 462 g/mol. The number of benzene rings is 1. The van der Waals surface area contributed by atoms with Crippen molar-refractivity contribution in [2.24, 2.45) is 5.10 Å². The summed E-state index contributed by atoms with van der Waals surface area (Å²) in [4.78, 5) is 27.5. The van der Waals surface area contributed by atoms with Gasteiger partial charge in [0.05, 0.1) is 16.3 Å². The fourth-order valence-electron chi connectivity index (χ4n) is 4.25. The molecule has 31 heavy (non-hydrogen) atoms. The molecule has 0 atom stereocenters. The SMILES string of the molecule is Cc1c(C(=O)N2CCCCCC2)oc2c1/C(=N/NC(=O)c1ccc(Cl)cc1Cl)CCC2. The van der Waals surface area contributed by atoms with Gasteiger partial charge in [-0.25, -0.2) is 5.43 Å². The Morgan fingerprint density at radius 1 is 1.06 bits per heavy atom. The van der Waals surface area contributed by atoms with Crippen LogP contribution in [0.1, 0.15) is 76.3 Å². The molecule has 1 N–H and O–H groups in total. The van der Waals surface area contributed by atoms with E-state index in [-0.39, 0.29) is 10.9 Å². The summed E-state index contributed by atoms with van der Waals surface area (Å²) in [5, 5.41) is 5.09. The molecule has 6 nitrogen and oxygen atoms in total. The van der Waals surface area contributed by atoms with Gasteiger partial charge in [-0.15, -0.1) is 0 Å². The van der Waals surface area contributed by atoms with Gasteiger partial charge < -0.3 is 9.32 Å². The monoisotopic (exact) mass is 461 g/mol. The lowest BCUT2D eigenvalue weighted by Gasteiger charge is -2.19. The van der Waals surface area contributed by atoms with E-state index in [1.165, 1.54) is 6.07 Å². The highest BCUT2D eigenvalue weighted by atomic mass is 35.5. The Labute approximate surface area is 191 Å². The van der Waals surface area contributed by atoms with Crippen LogP contribution in [-0.4, -0.2) is 35.5 Å². The number of nitrogens with one attached hydrogen (secondary N) is 1. The minimum atomic E-state index is -0.414. The van der Waals surface area contributed by atoms with Gasteiger partial charge in [-0.1, -0.05) is 36.0 Å². The lowest BCUT2D eigenvalue weighted by Crippen LogP contribution is -2.32. The smallest absolute Gasteiger partial charge is 0.289 e. The van der Waals surface area contributed by atoms with Crippen LogP contribution in [0.25, 0.3) is 0 Å². The van der Waals surface area contributed by atoms with E-state index in [9.17, 15) is 9.59 Å². The number of amides is 2. The summed E-state index contributed by atoms with van der Waals surface area (Å²) in [6, 6.07) is 4.69. The van der Waals surface area contributed by atoms with Crippen LogP contribution in [0.5, 0.6) is 0 Å². The van der Waals surface area contributed by atoms with Crippen molar-refractivity contribution in [2.75, 3.05) is 13.1 Å². The van der Waals surface area contributed by atoms with Crippen LogP contribution >= 0.6 is 23.2 Å². The van der Waals surface area contributed by atoms with E-state index < -0.39 is 5.91 Å². The number of hydrogen-bond acceptors (Lipinski definition) is 4. The Balaban J connectivity index is 1.57. The largest absolute Gasteiger partial charge is 0.455 e. The molecule has 2 aromatic rings. The molecule has 2 aliphatic rings. The van der Waals surface area contributed by atoms with Gasteiger partial charge in [0.2, 0.25) is 0 Å². The van der Waals surface area contributed by atoms with Gasteiger partial charge >= 0.3 is 0 Å². The van der Waals surface area contributed by atoms with E-state index >= 15 is 0 Å². The zero-order chi connectivity index (χ0) is 22.0. The minimum absolute atomic E-state index is 0.0508. The highest BCUT2D eigenvalue weighted by molar-refractivity contribution is 6.36. The second kappa shape index (κ2) is 9.45. The summed E-state index contributed by atoms with van der Waals surface area (Å²) in [6.45, 7) is 3.43. The van der Waals surface area contributed by atoms with Crippen molar-refractivity contribution >= 4 is 40.7 Å². The number of carbonyl (C=O) groups is 2. The fraction of sp³-hybridized carbons (Fsp3) is 0.435. The molecule has 0 radical (unpaired) electrons. The predicted molar refractivity (Wildman–Crippen MR) is 121 cm³/mol. The molecule has 1 fully saturated rings. The van der Waals surface area contributed by atoms with Gasteiger partial charge in [0, 0.05) is 35.7 Å². The van der Waals surface area contributed by atoms with E-state index in [1.807, 2.05) is 11.8 Å². The third-order valence-electron chi connectivity index (χ3n) is 5.88. The zero-order valence-corrected chi connectivity index (χ0v) is 19.0. The van der Waals surface area contributed by atoms with Crippen molar-refractivity contribution in [2.45, 2.75) is 51.9 Å². The van der Waals surface area contributed by atoms with E-state index in [2.05, 4.69) is 10.5 Å². The van der Waals surface area contributed by atoms with Gasteiger partial charge in [0.1, 0.15) is 5.76 Å². The number of aryl methyl sites for hydroxylation is 1. The molecule has 2 amide bonds. The van der Waals surface area contributed by atoms with E-state index in [0.717, 1.165) is 74.2 Å². The standard InChI is InChI=1S/C23H25Cl2N3O3/c1-14-20-18(26-27-22(29)16-10-9-15(24)13-17(16)25)7-6-8-19(20)31-21(14)23(30)28-11-4-2-3-5-12-28/h9-10,13H,2-8,11-12H2,1H3,(H,27,29)/b26-18+. The molecule has 1 aliphatic heterocycles. The van der Waals surface area contributed by atoms with Gasteiger partial charge in [-0.2, -0.15) is 5.10 Å². The molecular weight excluding hydrogens is 437 g/mol. The van der Waals surface area contributed by atoms with E-state index in [0.29, 0.717) is 22.8 Å². The van der Waals surface area contributed by atoms with Crippen molar-refractivity contribution in [3.05, 3.63) is 56.5 Å². The summed E-state index contributed by atoms with van der Waals surface area (Å²) < 4.78 is 6.03. The Hall–Kier alpha value is -2.31. The maximum atomic E-state index is 13.1. The topological polar surface area (TPSA) is 74.9 Å². The number of likely N-dealkylation sites (tertiary alicyclic amines) is 1. The number of rotatable bonds is 3. The normalized spacial score (nSPS) is 17.9. The van der Waals surface area contributed by atoms with E-state index in [4.69, 9.17) is 27.6 Å². The molecule has 0 saturated carbocycles. The van der Waals surface area contributed by atoms with Crippen molar-refractivity contribution in [1.29, 1.82) is 0 Å². The highest BCUT2D eigenvalue weighted by Crippen LogP contribution is 2.31. The number of furan rings is 1. The average Bonchev–Trinajstić information content (AvgIpc) is 2.92. The van der Waals surface area contributed by atoms with Crippen molar-refractivity contribution < 1.29 is 14.0 Å². The lowest BCUT2D eigenvalue weighted by molar-refractivity contribution is 0.0726. The molecule has 2 heterocycles. The molecule has 1 aromatic heterocycles.